The van der Waals surface area contributed by atoms with Crippen molar-refractivity contribution in [3.8, 4) is 11.5 Å². The fourth-order valence-electron chi connectivity index (χ4n) is 3.35. The topological polar surface area (TPSA) is 47.6 Å². The van der Waals surface area contributed by atoms with Gasteiger partial charge in [0.25, 0.3) is 5.91 Å². The van der Waals surface area contributed by atoms with Crippen molar-refractivity contribution in [1.82, 2.24) is 5.32 Å². The number of fused-ring (bicyclic) bond motifs is 1. The van der Waals surface area contributed by atoms with Crippen molar-refractivity contribution in [2.75, 3.05) is 0 Å². The van der Waals surface area contributed by atoms with Gasteiger partial charge >= 0.3 is 0 Å². The number of hydrogen-bond acceptors (Lipinski definition) is 3. The summed E-state index contributed by atoms with van der Waals surface area (Å²) >= 11 is 5.91. The van der Waals surface area contributed by atoms with E-state index in [2.05, 4.69) is 5.32 Å². The normalized spacial score (nSPS) is 18.8. The molecule has 1 aliphatic heterocycles. The molecule has 0 fully saturated rings. The summed E-state index contributed by atoms with van der Waals surface area (Å²) in [5.41, 5.74) is 1.79. The zero-order valence-electron chi connectivity index (χ0n) is 16.2. The summed E-state index contributed by atoms with van der Waals surface area (Å²) in [5.74, 6) is 1.34. The number of rotatable bonds is 5. The first-order valence-corrected chi connectivity index (χ1v) is 9.67. The predicted molar refractivity (Wildman–Crippen MR) is 108 cm³/mol. The Hall–Kier alpha value is -2.20. The summed E-state index contributed by atoms with van der Waals surface area (Å²) in [6, 6.07) is 13.0. The molecule has 1 amide bonds. The smallest absolute Gasteiger partial charge is 0.261 e. The first-order chi connectivity index (χ1) is 12.8. The second-order valence-electron chi connectivity index (χ2n) is 7.64. The fourth-order valence-corrected chi connectivity index (χ4v) is 3.48. The average molecular weight is 388 g/mol. The number of benzene rings is 2. The van der Waals surface area contributed by atoms with Crippen molar-refractivity contribution >= 4 is 17.5 Å². The van der Waals surface area contributed by atoms with Crippen molar-refractivity contribution in [1.29, 1.82) is 0 Å². The molecular weight excluding hydrogens is 362 g/mol. The molecule has 0 aliphatic carbocycles. The molecule has 0 bridgehead atoms. The summed E-state index contributed by atoms with van der Waals surface area (Å²) in [4.78, 5) is 12.9. The minimum absolute atomic E-state index is 0.111. The summed E-state index contributed by atoms with van der Waals surface area (Å²) in [7, 11) is 0. The van der Waals surface area contributed by atoms with Gasteiger partial charge in [-0.25, -0.2) is 0 Å². The van der Waals surface area contributed by atoms with E-state index in [1.54, 1.807) is 24.3 Å². The Kier molecular flexibility index (Phi) is 5.66. The van der Waals surface area contributed by atoms with Crippen LogP contribution >= 0.6 is 11.6 Å². The van der Waals surface area contributed by atoms with Gasteiger partial charge in [-0.1, -0.05) is 30.7 Å². The molecule has 1 heterocycles. The van der Waals surface area contributed by atoms with Gasteiger partial charge in [0.2, 0.25) is 0 Å². The third kappa shape index (κ3) is 4.75. The van der Waals surface area contributed by atoms with E-state index in [1.807, 2.05) is 45.9 Å². The van der Waals surface area contributed by atoms with E-state index in [4.69, 9.17) is 21.1 Å². The van der Waals surface area contributed by atoms with Gasteiger partial charge in [0.15, 0.2) is 6.10 Å². The molecule has 0 aromatic heterocycles. The number of hydrogen-bond donors (Lipinski definition) is 1. The van der Waals surface area contributed by atoms with Crippen LogP contribution in [0.3, 0.4) is 0 Å². The van der Waals surface area contributed by atoms with Gasteiger partial charge in [-0.3, -0.25) is 4.79 Å². The maximum atomic E-state index is 12.9. The van der Waals surface area contributed by atoms with E-state index >= 15 is 0 Å². The van der Waals surface area contributed by atoms with Crippen LogP contribution in [0.25, 0.3) is 0 Å². The van der Waals surface area contributed by atoms with Gasteiger partial charge in [0, 0.05) is 17.0 Å². The first-order valence-electron chi connectivity index (χ1n) is 9.29. The van der Waals surface area contributed by atoms with Crippen molar-refractivity contribution in [3.05, 3.63) is 58.6 Å². The van der Waals surface area contributed by atoms with Gasteiger partial charge in [-0.15, -0.1) is 0 Å². The van der Waals surface area contributed by atoms with E-state index in [1.165, 1.54) is 0 Å². The molecule has 1 aliphatic rings. The maximum absolute atomic E-state index is 12.9. The second kappa shape index (κ2) is 7.81. The maximum Gasteiger partial charge on any atom is 0.261 e. The number of nitrogens with one attached hydrogen (secondary N) is 1. The highest BCUT2D eigenvalue weighted by atomic mass is 35.5. The summed E-state index contributed by atoms with van der Waals surface area (Å²) in [6.45, 7) is 8.05. The molecule has 2 aromatic rings. The predicted octanol–water partition coefficient (Wildman–Crippen LogP) is 5.22. The van der Waals surface area contributed by atoms with Crippen LogP contribution in [0.1, 0.15) is 50.8 Å². The van der Waals surface area contributed by atoms with Crippen LogP contribution in [0.15, 0.2) is 42.5 Å². The van der Waals surface area contributed by atoms with E-state index in [-0.39, 0.29) is 17.6 Å². The molecule has 4 nitrogen and oxygen atoms in total. The Morgan fingerprint density at radius 2 is 2.00 bits per heavy atom. The van der Waals surface area contributed by atoms with Crippen molar-refractivity contribution < 1.29 is 14.3 Å². The molecule has 0 saturated carbocycles. The lowest BCUT2D eigenvalue weighted by atomic mass is 9.89. The highest BCUT2D eigenvalue weighted by molar-refractivity contribution is 6.30. The highest BCUT2D eigenvalue weighted by Crippen LogP contribution is 2.40. The van der Waals surface area contributed by atoms with Gasteiger partial charge in [-0.2, -0.15) is 0 Å². The summed E-state index contributed by atoms with van der Waals surface area (Å²) in [6.07, 6.45) is 0.708. The van der Waals surface area contributed by atoms with Crippen molar-refractivity contribution in [2.24, 2.45) is 0 Å². The zero-order chi connectivity index (χ0) is 19.6. The lowest BCUT2D eigenvalue weighted by Gasteiger charge is -2.38. The van der Waals surface area contributed by atoms with Gasteiger partial charge in [-0.05, 0) is 63.1 Å². The van der Waals surface area contributed by atoms with E-state index in [0.29, 0.717) is 23.6 Å². The fraction of sp³-hybridized carbons (Fsp3) is 0.409. The number of halogens is 1. The van der Waals surface area contributed by atoms with Gasteiger partial charge in [0.05, 0.1) is 6.04 Å². The second-order valence-corrected chi connectivity index (χ2v) is 8.07. The quantitative estimate of drug-likeness (QED) is 0.764. The van der Waals surface area contributed by atoms with Crippen LogP contribution in [-0.2, 0) is 4.79 Å². The molecule has 2 atom stereocenters. The largest absolute Gasteiger partial charge is 0.487 e. The van der Waals surface area contributed by atoms with Crippen LogP contribution in [0, 0.1) is 6.92 Å². The molecule has 2 aromatic carbocycles. The van der Waals surface area contributed by atoms with Crippen LogP contribution in [0.4, 0.5) is 0 Å². The van der Waals surface area contributed by atoms with Crippen LogP contribution in [-0.4, -0.2) is 17.6 Å². The third-order valence-corrected chi connectivity index (χ3v) is 4.95. The Morgan fingerprint density at radius 1 is 1.30 bits per heavy atom. The number of aryl methyl sites for hydroxylation is 1. The molecule has 3 rings (SSSR count). The van der Waals surface area contributed by atoms with Crippen molar-refractivity contribution in [3.63, 3.8) is 0 Å². The monoisotopic (exact) mass is 387 g/mol. The Morgan fingerprint density at radius 3 is 2.67 bits per heavy atom. The Balaban J connectivity index is 1.76. The van der Waals surface area contributed by atoms with Gasteiger partial charge < -0.3 is 14.8 Å². The van der Waals surface area contributed by atoms with Crippen molar-refractivity contribution in [2.45, 2.75) is 58.3 Å². The van der Waals surface area contributed by atoms with Gasteiger partial charge in [0.1, 0.15) is 17.1 Å². The van der Waals surface area contributed by atoms with Crippen LogP contribution < -0.4 is 14.8 Å². The van der Waals surface area contributed by atoms with Crippen LogP contribution in [0.2, 0.25) is 5.02 Å². The molecular formula is C22H26ClNO3. The number of amides is 1. The summed E-state index contributed by atoms with van der Waals surface area (Å²) < 4.78 is 12.0. The Bertz CT molecular complexity index is 817. The molecule has 5 heteroatoms. The first kappa shape index (κ1) is 19.6. The lowest BCUT2D eigenvalue weighted by molar-refractivity contribution is -0.129. The molecule has 0 saturated heterocycles. The minimum atomic E-state index is -0.564. The minimum Gasteiger partial charge on any atom is -0.487 e. The average Bonchev–Trinajstić information content (AvgIpc) is 2.59. The molecule has 27 heavy (non-hydrogen) atoms. The lowest BCUT2D eigenvalue weighted by Crippen LogP contribution is -2.45. The SMILES string of the molecule is CC[C@@H](Oc1ccc(Cl)cc1)C(=O)N[C@H]1CC(C)(C)Oc2cc(C)ccc21. The standard InChI is InChI=1S/C22H26ClNO3/c1-5-19(26-16-9-7-15(23)8-10-16)21(25)24-18-13-22(3,4)27-20-12-14(2)6-11-17(18)20/h6-12,18-19H,5,13H2,1-4H3,(H,24,25)/t18-,19+/m0/s1. The van der Waals surface area contributed by atoms with E-state index in [9.17, 15) is 4.79 Å². The zero-order valence-corrected chi connectivity index (χ0v) is 17.0. The number of ether oxygens (including phenoxy) is 2. The van der Waals surface area contributed by atoms with E-state index < -0.39 is 6.10 Å². The van der Waals surface area contributed by atoms with Crippen LogP contribution in [0.5, 0.6) is 11.5 Å². The Labute approximate surface area is 165 Å². The molecule has 0 spiro atoms. The molecule has 1 N–H and O–H groups in total. The number of carbonyl (C=O) groups is 1. The third-order valence-electron chi connectivity index (χ3n) is 4.70. The molecule has 144 valence electrons. The molecule has 0 radical (unpaired) electrons. The molecule has 0 unspecified atom stereocenters. The van der Waals surface area contributed by atoms with E-state index in [0.717, 1.165) is 16.9 Å². The highest BCUT2D eigenvalue weighted by Gasteiger charge is 2.35. The summed E-state index contributed by atoms with van der Waals surface area (Å²) in [5, 5.41) is 3.80. The number of carbonyl (C=O) groups excluding carboxylic acids is 1.